The van der Waals surface area contributed by atoms with Gasteiger partial charge in [-0.25, -0.2) is 13.4 Å². The zero-order chi connectivity index (χ0) is 14.8. The normalized spacial score (nSPS) is 11.2. The van der Waals surface area contributed by atoms with E-state index in [4.69, 9.17) is 5.11 Å². The number of hydrogen-bond acceptors (Lipinski definition) is 5. The van der Waals surface area contributed by atoms with Crippen LogP contribution in [-0.4, -0.2) is 24.5 Å². The molecule has 0 atom stereocenters. The topological polar surface area (TPSA) is 96.4 Å². The third kappa shape index (κ3) is 3.55. The van der Waals surface area contributed by atoms with Crippen LogP contribution in [0.3, 0.4) is 0 Å². The second-order valence-corrected chi connectivity index (χ2v) is 7.01. The molecule has 0 radical (unpaired) electrons. The van der Waals surface area contributed by atoms with Crippen LogP contribution in [0.1, 0.15) is 10.4 Å². The van der Waals surface area contributed by atoms with Gasteiger partial charge in [0.2, 0.25) is 0 Å². The summed E-state index contributed by atoms with van der Waals surface area (Å²) in [6, 6.07) is 5.72. The molecule has 1 aromatic heterocycles. The molecule has 2 rings (SSSR count). The number of sulfonamides is 1. The van der Waals surface area contributed by atoms with E-state index >= 15 is 0 Å². The van der Waals surface area contributed by atoms with Crippen molar-refractivity contribution in [1.82, 2.24) is 4.98 Å². The van der Waals surface area contributed by atoms with Gasteiger partial charge < -0.3 is 5.11 Å². The van der Waals surface area contributed by atoms with E-state index in [1.54, 1.807) is 6.20 Å². The average Bonchev–Trinajstić information content (AvgIpc) is 2.74. The van der Waals surface area contributed by atoms with Crippen LogP contribution in [0.15, 0.2) is 35.4 Å². The Bertz CT molecular complexity index is 720. The van der Waals surface area contributed by atoms with Gasteiger partial charge in [0.05, 0.1) is 11.3 Å². The van der Waals surface area contributed by atoms with E-state index in [2.05, 4.69) is 9.71 Å². The smallest absolute Gasteiger partial charge is 0.307 e. The lowest BCUT2D eigenvalue weighted by Crippen LogP contribution is -2.12. The molecule has 0 unspecified atom stereocenters. The molecule has 106 valence electrons. The lowest BCUT2D eigenvalue weighted by molar-refractivity contribution is -0.136. The van der Waals surface area contributed by atoms with E-state index in [1.165, 1.54) is 35.6 Å². The van der Waals surface area contributed by atoms with Crippen LogP contribution < -0.4 is 4.72 Å². The number of carboxylic acid groups (broad SMARTS) is 1. The summed E-state index contributed by atoms with van der Waals surface area (Å²) in [5, 5.41) is 8.96. The third-order valence-electron chi connectivity index (χ3n) is 2.43. The maximum atomic E-state index is 12.1. The zero-order valence-corrected chi connectivity index (χ0v) is 12.2. The summed E-state index contributed by atoms with van der Waals surface area (Å²) in [4.78, 5) is 15.5. The van der Waals surface area contributed by atoms with Crippen molar-refractivity contribution in [2.24, 2.45) is 0 Å². The molecule has 2 aromatic rings. The first-order valence-corrected chi connectivity index (χ1v) is 7.93. The van der Waals surface area contributed by atoms with E-state index in [9.17, 15) is 13.2 Å². The summed E-state index contributed by atoms with van der Waals surface area (Å²) in [5.41, 5.74) is 0.543. The second-order valence-electron chi connectivity index (χ2n) is 4.10. The zero-order valence-electron chi connectivity index (χ0n) is 10.5. The van der Waals surface area contributed by atoms with Crippen LogP contribution in [0, 0.1) is 6.92 Å². The summed E-state index contributed by atoms with van der Waals surface area (Å²) < 4.78 is 26.5. The molecule has 0 spiro atoms. The van der Waals surface area contributed by atoms with Crippen molar-refractivity contribution in [3.8, 4) is 0 Å². The second kappa shape index (κ2) is 5.59. The summed E-state index contributed by atoms with van der Waals surface area (Å²) in [7, 11) is -3.69. The minimum Gasteiger partial charge on any atom is -0.481 e. The molecular weight excluding hydrogens is 300 g/mol. The lowest BCUT2D eigenvalue weighted by atomic mass is 10.2. The molecule has 0 fully saturated rings. The molecule has 1 aromatic carbocycles. The van der Waals surface area contributed by atoms with Crippen LogP contribution in [0.25, 0.3) is 0 Å². The van der Waals surface area contributed by atoms with Crippen molar-refractivity contribution in [3.63, 3.8) is 0 Å². The number of carbonyl (C=O) groups is 1. The van der Waals surface area contributed by atoms with Gasteiger partial charge >= 0.3 is 5.97 Å². The Labute approximate surface area is 120 Å². The molecule has 2 N–H and O–H groups in total. The third-order valence-corrected chi connectivity index (χ3v) is 4.74. The summed E-state index contributed by atoms with van der Waals surface area (Å²) in [6.07, 6.45) is 1.44. The maximum Gasteiger partial charge on any atom is 0.307 e. The van der Waals surface area contributed by atoms with Crippen LogP contribution in [-0.2, 0) is 21.2 Å². The fourth-order valence-corrected chi connectivity index (χ4v) is 3.44. The molecule has 0 amide bonds. The van der Waals surface area contributed by atoms with Gasteiger partial charge in [-0.2, -0.15) is 0 Å². The van der Waals surface area contributed by atoms with Crippen molar-refractivity contribution in [3.05, 3.63) is 40.9 Å². The fourth-order valence-electron chi connectivity index (χ4n) is 1.54. The molecule has 0 aliphatic carbocycles. The van der Waals surface area contributed by atoms with Crippen LogP contribution in [0.2, 0.25) is 0 Å². The minimum atomic E-state index is -3.69. The number of nitrogens with one attached hydrogen (secondary N) is 1. The number of rotatable bonds is 5. The number of anilines is 1. The Morgan fingerprint density at radius 2 is 2.00 bits per heavy atom. The fraction of sp³-hybridized carbons (Fsp3) is 0.167. The van der Waals surface area contributed by atoms with Crippen LogP contribution in [0.5, 0.6) is 0 Å². The molecular formula is C12H12N2O4S2. The Kier molecular flexibility index (Phi) is 4.05. The number of hydrogen-bond donors (Lipinski definition) is 2. The molecule has 0 bridgehead atoms. The van der Waals surface area contributed by atoms with Crippen molar-refractivity contribution in [1.29, 1.82) is 0 Å². The monoisotopic (exact) mass is 312 g/mol. The van der Waals surface area contributed by atoms with Gasteiger partial charge in [0.25, 0.3) is 10.0 Å². The van der Waals surface area contributed by atoms with Gasteiger partial charge in [0.1, 0.15) is 0 Å². The number of aryl methyl sites for hydroxylation is 1. The number of aliphatic carboxylic acids is 1. The van der Waals surface area contributed by atoms with Crippen molar-refractivity contribution < 1.29 is 18.3 Å². The molecule has 8 heteroatoms. The Morgan fingerprint density at radius 1 is 1.35 bits per heavy atom. The predicted molar refractivity (Wildman–Crippen MR) is 75.4 cm³/mol. The van der Waals surface area contributed by atoms with Crippen molar-refractivity contribution in [2.45, 2.75) is 18.2 Å². The van der Waals surface area contributed by atoms with E-state index in [-0.39, 0.29) is 11.3 Å². The summed E-state index contributed by atoms with van der Waals surface area (Å²) in [6.45, 7) is 1.83. The molecule has 0 saturated heterocycles. The van der Waals surface area contributed by atoms with Crippen LogP contribution in [0.4, 0.5) is 5.13 Å². The molecule has 0 saturated carbocycles. The van der Waals surface area contributed by atoms with Crippen LogP contribution >= 0.6 is 11.3 Å². The first kappa shape index (κ1) is 14.5. The summed E-state index contributed by atoms with van der Waals surface area (Å²) in [5.74, 6) is -0.961. The minimum absolute atomic E-state index is 0.0690. The highest BCUT2D eigenvalue weighted by molar-refractivity contribution is 7.93. The van der Waals surface area contributed by atoms with Gasteiger partial charge in [-0.05, 0) is 24.6 Å². The number of nitrogens with zero attached hydrogens (tertiary/aromatic N) is 1. The Hall–Kier alpha value is -1.93. The Balaban J connectivity index is 2.19. The number of benzene rings is 1. The van der Waals surface area contributed by atoms with Gasteiger partial charge in [-0.3, -0.25) is 9.52 Å². The predicted octanol–water partition coefficient (Wildman–Crippen LogP) is 1.88. The number of thiazole rings is 1. The molecule has 0 aliphatic heterocycles. The number of aromatic nitrogens is 1. The quantitative estimate of drug-likeness (QED) is 0.878. The van der Waals surface area contributed by atoms with E-state index in [0.29, 0.717) is 10.7 Å². The average molecular weight is 312 g/mol. The molecule has 6 nitrogen and oxygen atoms in total. The van der Waals surface area contributed by atoms with Crippen molar-refractivity contribution >= 4 is 32.5 Å². The van der Waals surface area contributed by atoms with Gasteiger partial charge in [0, 0.05) is 11.1 Å². The SMILES string of the molecule is Cc1cnc(NS(=O)(=O)c2ccc(CC(=O)O)cc2)s1. The first-order chi connectivity index (χ1) is 9.37. The molecule has 20 heavy (non-hydrogen) atoms. The van der Waals surface area contributed by atoms with Gasteiger partial charge in [-0.1, -0.05) is 12.1 Å². The lowest BCUT2D eigenvalue weighted by Gasteiger charge is -2.05. The maximum absolute atomic E-state index is 12.1. The summed E-state index contributed by atoms with van der Waals surface area (Å²) >= 11 is 1.24. The van der Waals surface area contributed by atoms with E-state index in [0.717, 1.165) is 4.88 Å². The number of carboxylic acids is 1. The molecule has 1 heterocycles. The van der Waals surface area contributed by atoms with E-state index in [1.807, 2.05) is 6.92 Å². The van der Waals surface area contributed by atoms with Gasteiger partial charge in [0.15, 0.2) is 5.13 Å². The standard InChI is InChI=1S/C12H12N2O4S2/c1-8-7-13-12(19-8)14-20(17,18)10-4-2-9(3-5-10)6-11(15)16/h2-5,7H,6H2,1H3,(H,13,14)(H,15,16). The Morgan fingerprint density at radius 3 is 2.50 bits per heavy atom. The van der Waals surface area contributed by atoms with Crippen molar-refractivity contribution in [2.75, 3.05) is 4.72 Å². The highest BCUT2D eigenvalue weighted by Gasteiger charge is 2.16. The van der Waals surface area contributed by atoms with E-state index < -0.39 is 16.0 Å². The molecule has 0 aliphatic rings. The van der Waals surface area contributed by atoms with Gasteiger partial charge in [-0.15, -0.1) is 11.3 Å². The first-order valence-electron chi connectivity index (χ1n) is 5.63. The largest absolute Gasteiger partial charge is 0.481 e. The highest BCUT2D eigenvalue weighted by Crippen LogP contribution is 2.21. The highest BCUT2D eigenvalue weighted by atomic mass is 32.2.